The zero-order valence-corrected chi connectivity index (χ0v) is 20.6. The van der Waals surface area contributed by atoms with Gasteiger partial charge >= 0.3 is 0 Å². The number of aromatic nitrogens is 3. The second-order valence-corrected chi connectivity index (χ2v) is 8.96. The number of anilines is 1. The molecule has 2 N–H and O–H groups in total. The summed E-state index contributed by atoms with van der Waals surface area (Å²) < 4.78 is 0. The lowest BCUT2D eigenvalue weighted by Crippen LogP contribution is -2.48. The van der Waals surface area contributed by atoms with Crippen molar-refractivity contribution in [2.45, 2.75) is 33.1 Å². The molecule has 1 amide bonds. The van der Waals surface area contributed by atoms with Crippen LogP contribution in [0, 0.1) is 0 Å². The first-order valence-electron chi connectivity index (χ1n) is 11.9. The highest BCUT2D eigenvalue weighted by molar-refractivity contribution is 6.34. The number of carbonyl (C=O) groups excluding carboxylic acids is 1. The molecule has 0 aliphatic carbocycles. The van der Waals surface area contributed by atoms with Gasteiger partial charge in [0.2, 0.25) is 0 Å². The fraction of sp³-hybridized carbons (Fsp3) is 0.385. The highest BCUT2D eigenvalue weighted by atomic mass is 35.5. The van der Waals surface area contributed by atoms with Crippen LogP contribution in [-0.2, 0) is 6.42 Å². The van der Waals surface area contributed by atoms with E-state index < -0.39 is 0 Å². The lowest BCUT2D eigenvalue weighted by atomic mass is 9.97. The standard InChI is InChI=1S/C26H31ClN6O/c1-3-5-10-32-11-13-33(14-12-32)26(34)20-8-6-18(15-21(20)27)25-24(22(4-2)30-17-31-25)19-7-9-23(28)29-16-19/h6-9,15-17H,3-5,10-14H2,1-2H3,(H2,28,29). The summed E-state index contributed by atoms with van der Waals surface area (Å²) in [5.74, 6) is 0.434. The van der Waals surface area contributed by atoms with Crippen molar-refractivity contribution in [1.29, 1.82) is 0 Å². The molecule has 7 nitrogen and oxygen atoms in total. The SMILES string of the molecule is CCCCN1CCN(C(=O)c2ccc(-c3ncnc(CC)c3-c3ccc(N)nc3)cc2Cl)CC1. The minimum absolute atomic E-state index is 0.0217. The number of piperazine rings is 1. The molecule has 0 bridgehead atoms. The summed E-state index contributed by atoms with van der Waals surface area (Å²) in [4.78, 5) is 30.8. The number of nitrogens with zero attached hydrogens (tertiary/aromatic N) is 5. The van der Waals surface area contributed by atoms with Crippen molar-refractivity contribution in [2.24, 2.45) is 0 Å². The number of hydrogen-bond donors (Lipinski definition) is 1. The van der Waals surface area contributed by atoms with E-state index >= 15 is 0 Å². The third-order valence-corrected chi connectivity index (χ3v) is 6.61. The molecule has 3 aromatic rings. The quantitative estimate of drug-likeness (QED) is 0.535. The van der Waals surface area contributed by atoms with Crippen molar-refractivity contribution in [3.63, 3.8) is 0 Å². The van der Waals surface area contributed by atoms with E-state index in [1.807, 2.05) is 29.2 Å². The van der Waals surface area contributed by atoms with Crippen molar-refractivity contribution >= 4 is 23.3 Å². The summed E-state index contributed by atoms with van der Waals surface area (Å²) in [6.07, 6.45) is 6.41. The maximum absolute atomic E-state index is 13.2. The first-order valence-corrected chi connectivity index (χ1v) is 12.3. The second kappa shape index (κ2) is 10.9. The van der Waals surface area contributed by atoms with E-state index in [9.17, 15) is 4.79 Å². The Morgan fingerprint density at radius 1 is 1.03 bits per heavy atom. The van der Waals surface area contributed by atoms with Gasteiger partial charge < -0.3 is 10.6 Å². The smallest absolute Gasteiger partial charge is 0.255 e. The molecule has 1 fully saturated rings. The molecule has 8 heteroatoms. The molecule has 0 radical (unpaired) electrons. The number of pyridine rings is 1. The van der Waals surface area contributed by atoms with Crippen molar-refractivity contribution in [3.05, 3.63) is 59.1 Å². The van der Waals surface area contributed by atoms with Crippen molar-refractivity contribution in [2.75, 3.05) is 38.5 Å². The summed E-state index contributed by atoms with van der Waals surface area (Å²) in [6.45, 7) is 8.60. The molecule has 1 aliphatic heterocycles. The number of nitrogens with two attached hydrogens (primary N) is 1. The Balaban J connectivity index is 1.60. The number of benzene rings is 1. The van der Waals surface area contributed by atoms with Crippen LogP contribution in [0.4, 0.5) is 5.82 Å². The van der Waals surface area contributed by atoms with Crippen LogP contribution < -0.4 is 5.73 Å². The van der Waals surface area contributed by atoms with Gasteiger partial charge in [0.1, 0.15) is 12.1 Å². The van der Waals surface area contributed by atoms with Gasteiger partial charge in [0.05, 0.1) is 22.0 Å². The Kier molecular flexibility index (Phi) is 7.75. The molecule has 4 rings (SSSR count). The van der Waals surface area contributed by atoms with Gasteiger partial charge in [-0.25, -0.2) is 15.0 Å². The molecule has 1 aromatic carbocycles. The largest absolute Gasteiger partial charge is 0.384 e. The van der Waals surface area contributed by atoms with Gasteiger partial charge in [-0.15, -0.1) is 0 Å². The van der Waals surface area contributed by atoms with Crippen LogP contribution in [0.5, 0.6) is 0 Å². The van der Waals surface area contributed by atoms with E-state index in [1.165, 1.54) is 12.8 Å². The van der Waals surface area contributed by atoms with E-state index in [2.05, 4.69) is 33.7 Å². The van der Waals surface area contributed by atoms with Crippen molar-refractivity contribution in [3.8, 4) is 22.4 Å². The number of unbranched alkanes of at least 4 members (excludes halogenated alkanes) is 1. The van der Waals surface area contributed by atoms with Gasteiger partial charge in [-0.1, -0.05) is 37.9 Å². The maximum Gasteiger partial charge on any atom is 0.255 e. The summed E-state index contributed by atoms with van der Waals surface area (Å²) in [6, 6.07) is 9.22. The van der Waals surface area contributed by atoms with E-state index in [1.54, 1.807) is 18.6 Å². The van der Waals surface area contributed by atoms with Gasteiger partial charge in [0.25, 0.3) is 5.91 Å². The van der Waals surface area contributed by atoms with E-state index in [0.717, 1.165) is 67.2 Å². The number of amides is 1. The molecule has 34 heavy (non-hydrogen) atoms. The molecule has 0 spiro atoms. The molecule has 0 atom stereocenters. The molecule has 2 aromatic heterocycles. The Morgan fingerprint density at radius 3 is 2.44 bits per heavy atom. The highest BCUT2D eigenvalue weighted by Crippen LogP contribution is 2.34. The third-order valence-electron chi connectivity index (χ3n) is 6.30. The van der Waals surface area contributed by atoms with Crippen LogP contribution in [0.2, 0.25) is 5.02 Å². The molecule has 1 aliphatic rings. The average molecular weight is 479 g/mol. The van der Waals surface area contributed by atoms with Gasteiger partial charge in [-0.2, -0.15) is 0 Å². The molecule has 3 heterocycles. The molecule has 0 unspecified atom stereocenters. The minimum atomic E-state index is -0.0217. The lowest BCUT2D eigenvalue weighted by Gasteiger charge is -2.34. The molecule has 178 valence electrons. The first kappa shape index (κ1) is 24.1. The summed E-state index contributed by atoms with van der Waals surface area (Å²) in [7, 11) is 0. The zero-order chi connectivity index (χ0) is 24.1. The fourth-order valence-corrected chi connectivity index (χ4v) is 4.59. The van der Waals surface area contributed by atoms with Gasteiger partial charge in [-0.3, -0.25) is 9.69 Å². The Bertz CT molecular complexity index is 1140. The topological polar surface area (TPSA) is 88.2 Å². The second-order valence-electron chi connectivity index (χ2n) is 8.55. The monoisotopic (exact) mass is 478 g/mol. The summed E-state index contributed by atoms with van der Waals surface area (Å²) in [5.41, 5.74) is 10.6. The average Bonchev–Trinajstić information content (AvgIpc) is 2.87. The zero-order valence-electron chi connectivity index (χ0n) is 19.8. The van der Waals surface area contributed by atoms with Crippen LogP contribution in [-0.4, -0.2) is 63.4 Å². The van der Waals surface area contributed by atoms with Gasteiger partial charge in [-0.05, 0) is 43.7 Å². The van der Waals surface area contributed by atoms with Gasteiger partial charge in [0, 0.05) is 49.1 Å². The molecular formula is C26H31ClN6O. The highest BCUT2D eigenvalue weighted by Gasteiger charge is 2.24. The normalized spacial score (nSPS) is 14.4. The van der Waals surface area contributed by atoms with Gasteiger partial charge in [0.15, 0.2) is 0 Å². The number of hydrogen-bond acceptors (Lipinski definition) is 6. The number of halogens is 1. The molecular weight excluding hydrogens is 448 g/mol. The van der Waals surface area contributed by atoms with E-state index in [-0.39, 0.29) is 5.91 Å². The summed E-state index contributed by atoms with van der Waals surface area (Å²) >= 11 is 6.65. The number of aryl methyl sites for hydroxylation is 1. The van der Waals surface area contributed by atoms with Crippen LogP contribution in [0.25, 0.3) is 22.4 Å². The van der Waals surface area contributed by atoms with E-state index in [4.69, 9.17) is 17.3 Å². The Hall–Kier alpha value is -3.03. The maximum atomic E-state index is 13.2. The first-order chi connectivity index (χ1) is 16.5. The van der Waals surface area contributed by atoms with Crippen LogP contribution in [0.1, 0.15) is 42.7 Å². The molecule has 0 saturated carbocycles. The Morgan fingerprint density at radius 2 is 1.79 bits per heavy atom. The predicted molar refractivity (Wildman–Crippen MR) is 137 cm³/mol. The van der Waals surface area contributed by atoms with Crippen LogP contribution >= 0.6 is 11.6 Å². The minimum Gasteiger partial charge on any atom is -0.384 e. The number of nitrogen functional groups attached to an aromatic ring is 1. The third kappa shape index (κ3) is 5.21. The van der Waals surface area contributed by atoms with Crippen LogP contribution in [0.15, 0.2) is 42.9 Å². The lowest BCUT2D eigenvalue weighted by molar-refractivity contribution is 0.0636. The number of carbonyl (C=O) groups is 1. The molecule has 1 saturated heterocycles. The number of rotatable bonds is 7. The van der Waals surface area contributed by atoms with Crippen molar-refractivity contribution in [1.82, 2.24) is 24.8 Å². The fourth-order valence-electron chi connectivity index (χ4n) is 4.33. The van der Waals surface area contributed by atoms with Crippen LogP contribution in [0.3, 0.4) is 0 Å². The Labute approximate surface area is 206 Å². The van der Waals surface area contributed by atoms with E-state index in [0.29, 0.717) is 16.4 Å². The predicted octanol–water partition coefficient (Wildman–Crippen LogP) is 4.56. The summed E-state index contributed by atoms with van der Waals surface area (Å²) in [5, 5.41) is 0.425. The van der Waals surface area contributed by atoms with Crippen molar-refractivity contribution < 1.29 is 4.79 Å².